The highest BCUT2D eigenvalue weighted by Gasteiger charge is 2.11. The molecule has 0 aliphatic carbocycles. The fourth-order valence-electron chi connectivity index (χ4n) is 4.09. The van der Waals surface area contributed by atoms with Crippen molar-refractivity contribution in [3.8, 4) is 28.1 Å². The first-order chi connectivity index (χ1) is 16.3. The van der Waals surface area contributed by atoms with Gasteiger partial charge in [0.2, 0.25) is 0 Å². The molecule has 0 atom stereocenters. The van der Waals surface area contributed by atoms with Gasteiger partial charge < -0.3 is 9.47 Å². The van der Waals surface area contributed by atoms with Gasteiger partial charge in [0.15, 0.2) is 0 Å². The second-order valence-electron chi connectivity index (χ2n) is 8.12. The Labute approximate surface area is 192 Å². The maximum Gasteiger partial charge on any atom is 0.123 e. The van der Waals surface area contributed by atoms with E-state index in [9.17, 15) is 4.39 Å². The van der Waals surface area contributed by atoms with Gasteiger partial charge in [0, 0.05) is 30.8 Å². The van der Waals surface area contributed by atoms with Crippen LogP contribution in [0.2, 0.25) is 0 Å². The lowest BCUT2D eigenvalue weighted by Gasteiger charge is -2.26. The molecule has 5 rings (SSSR count). The third-order valence-electron chi connectivity index (χ3n) is 5.85. The summed E-state index contributed by atoms with van der Waals surface area (Å²) in [6.45, 7) is 5.36. The predicted octanol–water partition coefficient (Wildman–Crippen LogP) is 5.20. The summed E-state index contributed by atoms with van der Waals surface area (Å²) >= 11 is 0. The molecule has 1 aliphatic heterocycles. The number of halogens is 1. The highest BCUT2D eigenvalue weighted by atomic mass is 19.1. The number of morpholine rings is 1. The molecular formula is C27H26FN3O2. The molecule has 0 saturated carbocycles. The smallest absolute Gasteiger partial charge is 0.123 e. The molecule has 168 valence electrons. The molecule has 0 radical (unpaired) electrons. The quantitative estimate of drug-likeness (QED) is 0.367. The highest BCUT2D eigenvalue weighted by Crippen LogP contribution is 2.29. The van der Waals surface area contributed by atoms with Crippen molar-refractivity contribution in [1.82, 2.24) is 14.9 Å². The Hall–Kier alpha value is -3.35. The van der Waals surface area contributed by atoms with E-state index in [0.717, 1.165) is 78.4 Å². The summed E-state index contributed by atoms with van der Waals surface area (Å²) in [4.78, 5) is 11.9. The Morgan fingerprint density at radius 1 is 0.939 bits per heavy atom. The Morgan fingerprint density at radius 2 is 1.76 bits per heavy atom. The van der Waals surface area contributed by atoms with E-state index < -0.39 is 0 Å². The summed E-state index contributed by atoms with van der Waals surface area (Å²) in [5.41, 5.74) is 4.91. The van der Waals surface area contributed by atoms with Gasteiger partial charge in [0.1, 0.15) is 11.6 Å². The van der Waals surface area contributed by atoms with Crippen molar-refractivity contribution < 1.29 is 13.9 Å². The lowest BCUT2D eigenvalue weighted by molar-refractivity contribution is 0.0358. The van der Waals surface area contributed by atoms with E-state index in [1.807, 2.05) is 48.5 Å². The summed E-state index contributed by atoms with van der Waals surface area (Å²) in [7, 11) is 0. The van der Waals surface area contributed by atoms with Gasteiger partial charge in [0.25, 0.3) is 0 Å². The third kappa shape index (κ3) is 5.18. The molecule has 1 aromatic heterocycles. The van der Waals surface area contributed by atoms with E-state index in [1.165, 1.54) is 12.1 Å². The van der Waals surface area contributed by atoms with Crippen LogP contribution >= 0.6 is 0 Å². The molecule has 0 bridgehead atoms. The Kier molecular flexibility index (Phi) is 6.56. The van der Waals surface area contributed by atoms with Crippen molar-refractivity contribution >= 4 is 11.0 Å². The van der Waals surface area contributed by atoms with Gasteiger partial charge in [0.05, 0.1) is 42.7 Å². The average molecular weight is 444 g/mol. The van der Waals surface area contributed by atoms with Crippen LogP contribution < -0.4 is 4.74 Å². The summed E-state index contributed by atoms with van der Waals surface area (Å²) in [5, 5.41) is 0. The van der Waals surface area contributed by atoms with Gasteiger partial charge in [-0.1, -0.05) is 24.3 Å². The SMILES string of the molecule is Fc1cccc(-c2cccc3ncc(-c4ccc(OCCCN5CCOCC5)cc4)nc23)c1. The normalized spacial score (nSPS) is 14.5. The summed E-state index contributed by atoms with van der Waals surface area (Å²) in [6.07, 6.45) is 2.76. The van der Waals surface area contributed by atoms with Crippen molar-refractivity contribution in [2.24, 2.45) is 0 Å². The van der Waals surface area contributed by atoms with Crippen LogP contribution in [0, 0.1) is 5.82 Å². The first-order valence-corrected chi connectivity index (χ1v) is 11.3. The molecule has 5 nitrogen and oxygen atoms in total. The van der Waals surface area contributed by atoms with Crippen LogP contribution in [0.5, 0.6) is 5.75 Å². The van der Waals surface area contributed by atoms with Crippen molar-refractivity contribution in [2.75, 3.05) is 39.5 Å². The molecule has 0 N–H and O–H groups in total. The average Bonchev–Trinajstić information content (AvgIpc) is 2.87. The zero-order valence-corrected chi connectivity index (χ0v) is 18.4. The largest absolute Gasteiger partial charge is 0.494 e. The van der Waals surface area contributed by atoms with Gasteiger partial charge in [-0.05, 0) is 54.4 Å². The van der Waals surface area contributed by atoms with Gasteiger partial charge in [-0.3, -0.25) is 9.88 Å². The highest BCUT2D eigenvalue weighted by molar-refractivity contribution is 5.92. The number of rotatable bonds is 7. The maximum atomic E-state index is 13.8. The van der Waals surface area contributed by atoms with Gasteiger partial charge in [-0.25, -0.2) is 9.37 Å². The molecule has 33 heavy (non-hydrogen) atoms. The van der Waals surface area contributed by atoms with E-state index in [0.29, 0.717) is 6.61 Å². The maximum absolute atomic E-state index is 13.8. The van der Waals surface area contributed by atoms with E-state index >= 15 is 0 Å². The van der Waals surface area contributed by atoms with Crippen LogP contribution in [0.25, 0.3) is 33.4 Å². The van der Waals surface area contributed by atoms with Gasteiger partial charge in [-0.2, -0.15) is 0 Å². The number of ether oxygens (including phenoxy) is 2. The zero-order valence-electron chi connectivity index (χ0n) is 18.4. The van der Waals surface area contributed by atoms with Crippen LogP contribution in [0.4, 0.5) is 4.39 Å². The number of para-hydroxylation sites is 1. The minimum absolute atomic E-state index is 0.269. The first-order valence-electron chi connectivity index (χ1n) is 11.3. The number of hydrogen-bond donors (Lipinski definition) is 0. The standard InChI is InChI=1S/C27H26FN3O2/c28-22-5-1-4-21(18-22)24-6-2-7-25-27(24)30-26(19-29-25)20-8-10-23(11-9-20)33-15-3-12-31-13-16-32-17-14-31/h1-2,4-11,18-19H,3,12-17H2. The lowest BCUT2D eigenvalue weighted by Crippen LogP contribution is -2.37. The Balaban J connectivity index is 1.29. The molecule has 2 heterocycles. The molecule has 0 spiro atoms. The molecule has 4 aromatic rings. The molecular weight excluding hydrogens is 417 g/mol. The number of benzene rings is 3. The first kappa shape index (κ1) is 21.5. The summed E-state index contributed by atoms with van der Waals surface area (Å²) < 4.78 is 25.1. The molecule has 6 heteroatoms. The van der Waals surface area contributed by atoms with Crippen molar-refractivity contribution in [2.45, 2.75) is 6.42 Å². The number of aromatic nitrogens is 2. The second kappa shape index (κ2) is 10.1. The topological polar surface area (TPSA) is 47.5 Å². The number of fused-ring (bicyclic) bond motifs is 1. The van der Waals surface area contributed by atoms with Crippen molar-refractivity contribution in [3.63, 3.8) is 0 Å². The minimum atomic E-state index is -0.269. The Bertz CT molecular complexity index is 1220. The molecule has 1 aliphatic rings. The van der Waals surface area contributed by atoms with Crippen LogP contribution in [0.3, 0.4) is 0 Å². The molecule has 0 unspecified atom stereocenters. The second-order valence-corrected chi connectivity index (χ2v) is 8.12. The van der Waals surface area contributed by atoms with Crippen LogP contribution in [-0.4, -0.2) is 54.3 Å². The lowest BCUT2D eigenvalue weighted by atomic mass is 10.0. The molecule has 1 saturated heterocycles. The van der Waals surface area contributed by atoms with Crippen LogP contribution in [0.15, 0.2) is 72.9 Å². The fourth-order valence-corrected chi connectivity index (χ4v) is 4.09. The number of hydrogen-bond acceptors (Lipinski definition) is 5. The monoisotopic (exact) mass is 443 g/mol. The van der Waals surface area contributed by atoms with Gasteiger partial charge in [-0.15, -0.1) is 0 Å². The minimum Gasteiger partial charge on any atom is -0.494 e. The van der Waals surface area contributed by atoms with Crippen LogP contribution in [-0.2, 0) is 4.74 Å². The van der Waals surface area contributed by atoms with E-state index in [2.05, 4.69) is 9.88 Å². The van der Waals surface area contributed by atoms with E-state index in [4.69, 9.17) is 14.5 Å². The van der Waals surface area contributed by atoms with Crippen molar-refractivity contribution in [1.29, 1.82) is 0 Å². The molecule has 1 fully saturated rings. The predicted molar refractivity (Wildman–Crippen MR) is 128 cm³/mol. The van der Waals surface area contributed by atoms with E-state index in [1.54, 1.807) is 12.3 Å². The molecule has 3 aromatic carbocycles. The summed E-state index contributed by atoms with van der Waals surface area (Å²) in [6, 6.07) is 20.3. The fraction of sp³-hybridized carbons (Fsp3) is 0.259. The zero-order chi connectivity index (χ0) is 22.5. The van der Waals surface area contributed by atoms with Gasteiger partial charge >= 0.3 is 0 Å². The Morgan fingerprint density at radius 3 is 2.58 bits per heavy atom. The van der Waals surface area contributed by atoms with Crippen LogP contribution in [0.1, 0.15) is 6.42 Å². The van der Waals surface area contributed by atoms with E-state index in [-0.39, 0.29) is 5.82 Å². The van der Waals surface area contributed by atoms with Crippen molar-refractivity contribution in [3.05, 3.63) is 78.7 Å². The number of nitrogens with zero attached hydrogens (tertiary/aromatic N) is 3. The molecule has 0 amide bonds. The third-order valence-corrected chi connectivity index (χ3v) is 5.85. The summed E-state index contributed by atoms with van der Waals surface area (Å²) in [5.74, 6) is 0.573.